The summed E-state index contributed by atoms with van der Waals surface area (Å²) in [6.45, 7) is 2.11. The second-order valence-electron chi connectivity index (χ2n) is 11.7. The fourth-order valence-corrected chi connectivity index (χ4v) is 6.19. The number of pyridine rings is 1. The molecule has 1 aromatic heterocycles. The van der Waals surface area contributed by atoms with Crippen molar-refractivity contribution < 1.29 is 4.73 Å². The second-order valence-corrected chi connectivity index (χ2v) is 11.7. The van der Waals surface area contributed by atoms with E-state index in [0.29, 0.717) is 11.4 Å². The minimum absolute atomic E-state index is 0.487. The number of hydrogen-bond donors (Lipinski definition) is 0. The first-order chi connectivity index (χ1) is 22.6. The van der Waals surface area contributed by atoms with E-state index in [1.165, 1.54) is 27.6 Å². The molecule has 0 radical (unpaired) electrons. The monoisotopic (exact) mass is 594 g/mol. The van der Waals surface area contributed by atoms with Crippen LogP contribution in [0.25, 0.3) is 33.2 Å². The van der Waals surface area contributed by atoms with Gasteiger partial charge in [-0.3, -0.25) is 0 Å². The Bertz CT molecular complexity index is 2140. The maximum absolute atomic E-state index is 13.6. The average molecular weight is 595 g/mol. The van der Waals surface area contributed by atoms with Gasteiger partial charge in [-0.2, -0.15) is 4.73 Å². The molecule has 0 spiro atoms. The predicted molar refractivity (Wildman–Crippen MR) is 191 cm³/mol. The molecule has 0 saturated carbocycles. The largest absolute Gasteiger partial charge is 0.618 e. The molecular weight excluding hydrogens is 560 g/mol. The Hall–Kier alpha value is -5.80. The molecule has 0 aliphatic rings. The molecule has 222 valence electrons. The molecule has 0 aliphatic heterocycles. The lowest BCUT2D eigenvalue weighted by atomic mass is 9.88. The van der Waals surface area contributed by atoms with Gasteiger partial charge < -0.3 is 5.21 Å². The van der Waals surface area contributed by atoms with Gasteiger partial charge in [-0.25, -0.2) is 4.99 Å². The fraction of sp³-hybridized carbons (Fsp3) is 0.0698. The molecule has 0 fully saturated rings. The van der Waals surface area contributed by atoms with Gasteiger partial charge >= 0.3 is 0 Å². The minimum atomic E-state index is 0.487. The zero-order valence-corrected chi connectivity index (χ0v) is 25.8. The highest BCUT2D eigenvalue weighted by Gasteiger charge is 2.18. The van der Waals surface area contributed by atoms with Crippen molar-refractivity contribution in [3.8, 4) is 22.4 Å². The summed E-state index contributed by atoms with van der Waals surface area (Å²) < 4.78 is 0.975. The van der Waals surface area contributed by atoms with E-state index in [2.05, 4.69) is 110 Å². The van der Waals surface area contributed by atoms with Gasteiger partial charge in [-0.1, -0.05) is 133 Å². The van der Waals surface area contributed by atoms with Crippen LogP contribution in [0.4, 0.5) is 5.69 Å². The van der Waals surface area contributed by atoms with Crippen LogP contribution < -0.4 is 4.73 Å². The van der Waals surface area contributed by atoms with Crippen LogP contribution in [-0.4, -0.2) is 6.21 Å². The number of benzene rings is 6. The third-order valence-corrected chi connectivity index (χ3v) is 8.51. The predicted octanol–water partition coefficient (Wildman–Crippen LogP) is 10.0. The van der Waals surface area contributed by atoms with Gasteiger partial charge in [0, 0.05) is 23.1 Å². The van der Waals surface area contributed by atoms with Gasteiger partial charge in [0.25, 0.3) is 0 Å². The zero-order valence-electron chi connectivity index (χ0n) is 25.8. The van der Waals surface area contributed by atoms with Crippen LogP contribution in [0.15, 0.2) is 163 Å². The van der Waals surface area contributed by atoms with Crippen LogP contribution in [0.2, 0.25) is 0 Å². The van der Waals surface area contributed by atoms with Crippen LogP contribution in [0.3, 0.4) is 0 Å². The Morgan fingerprint density at radius 2 is 1.20 bits per heavy atom. The first-order valence-electron chi connectivity index (χ1n) is 15.7. The van der Waals surface area contributed by atoms with E-state index < -0.39 is 0 Å². The highest BCUT2D eigenvalue weighted by Crippen LogP contribution is 2.41. The first kappa shape index (κ1) is 28.9. The number of fused-ring (bicyclic) bond motifs is 1. The summed E-state index contributed by atoms with van der Waals surface area (Å²) in [7, 11) is 0. The summed E-state index contributed by atoms with van der Waals surface area (Å²) in [6, 6.07) is 54.1. The molecule has 46 heavy (non-hydrogen) atoms. The van der Waals surface area contributed by atoms with Crippen molar-refractivity contribution in [1.29, 1.82) is 0 Å². The fourth-order valence-electron chi connectivity index (χ4n) is 6.19. The lowest BCUT2D eigenvalue weighted by Gasteiger charge is -2.18. The number of hydrogen-bond acceptors (Lipinski definition) is 2. The molecule has 0 saturated heterocycles. The molecule has 0 atom stereocenters. The van der Waals surface area contributed by atoms with E-state index in [9.17, 15) is 5.21 Å². The maximum atomic E-state index is 13.6. The van der Waals surface area contributed by atoms with E-state index in [-0.39, 0.29) is 0 Å². The SMILES string of the molecule is Cc1ccc(-c2cccc3c(Cc4ccccc4)cc(Cc4ccccc4)c(N=Cc4cccc(-c5ccccc5)[n+]4[O-])c23)cc1. The van der Waals surface area contributed by atoms with Gasteiger partial charge in [0.05, 0.1) is 5.69 Å². The van der Waals surface area contributed by atoms with E-state index in [1.54, 1.807) is 6.21 Å². The Morgan fingerprint density at radius 3 is 1.87 bits per heavy atom. The summed E-state index contributed by atoms with van der Waals surface area (Å²) in [5, 5.41) is 15.9. The summed E-state index contributed by atoms with van der Waals surface area (Å²) >= 11 is 0. The third kappa shape index (κ3) is 6.09. The quantitative estimate of drug-likeness (QED) is 0.0980. The van der Waals surface area contributed by atoms with Gasteiger partial charge in [0.1, 0.15) is 6.21 Å². The van der Waals surface area contributed by atoms with E-state index >= 15 is 0 Å². The Balaban J connectivity index is 1.47. The molecule has 0 amide bonds. The number of aryl methyl sites for hydroxylation is 1. The van der Waals surface area contributed by atoms with Crippen molar-refractivity contribution in [2.24, 2.45) is 4.99 Å². The first-order valence-corrected chi connectivity index (χ1v) is 15.7. The molecule has 7 rings (SSSR count). The van der Waals surface area contributed by atoms with E-state index in [4.69, 9.17) is 4.99 Å². The van der Waals surface area contributed by atoms with E-state index in [1.807, 2.05) is 54.6 Å². The lowest BCUT2D eigenvalue weighted by molar-refractivity contribution is -0.594. The van der Waals surface area contributed by atoms with Gasteiger partial charge in [-0.05, 0) is 76.7 Å². The smallest absolute Gasteiger partial charge is 0.235 e. The Labute approximate surface area is 270 Å². The van der Waals surface area contributed by atoms with Crippen molar-refractivity contribution in [3.05, 3.63) is 196 Å². The van der Waals surface area contributed by atoms with Gasteiger partial charge in [0.2, 0.25) is 11.4 Å². The molecule has 0 unspecified atom stereocenters. The van der Waals surface area contributed by atoms with Crippen LogP contribution >= 0.6 is 0 Å². The Morgan fingerprint density at radius 1 is 0.587 bits per heavy atom. The van der Waals surface area contributed by atoms with Gasteiger partial charge in [0.15, 0.2) is 0 Å². The second kappa shape index (κ2) is 13.1. The van der Waals surface area contributed by atoms with Crippen molar-refractivity contribution >= 4 is 22.7 Å². The number of nitrogens with zero attached hydrogens (tertiary/aromatic N) is 2. The molecular formula is C43H34N2O. The maximum Gasteiger partial charge on any atom is 0.235 e. The third-order valence-electron chi connectivity index (χ3n) is 8.51. The lowest BCUT2D eigenvalue weighted by Crippen LogP contribution is -2.34. The standard InChI is InChI=1S/C43H34N2O/c1-31-23-25-34(26-24-31)39-20-12-21-40-36(27-32-13-5-2-6-14-32)29-37(28-33-15-7-3-8-16-33)43(42(39)40)44-30-38-19-11-22-41(45(38)46)35-17-9-4-10-18-35/h2-26,29-30H,27-28H2,1H3. The highest BCUT2D eigenvalue weighted by molar-refractivity contribution is 6.07. The molecule has 7 aromatic rings. The zero-order chi connectivity index (χ0) is 31.3. The van der Waals surface area contributed by atoms with Crippen LogP contribution in [0.5, 0.6) is 0 Å². The highest BCUT2D eigenvalue weighted by atomic mass is 16.5. The number of aliphatic imine (C=N–C) groups is 1. The van der Waals surface area contributed by atoms with Gasteiger partial charge in [-0.15, -0.1) is 0 Å². The molecule has 6 aromatic carbocycles. The summed E-state index contributed by atoms with van der Waals surface area (Å²) in [5.41, 5.74) is 11.2. The summed E-state index contributed by atoms with van der Waals surface area (Å²) in [5.74, 6) is 0. The van der Waals surface area contributed by atoms with Crippen LogP contribution in [0, 0.1) is 12.1 Å². The molecule has 0 aliphatic carbocycles. The van der Waals surface area contributed by atoms with Crippen LogP contribution in [-0.2, 0) is 12.8 Å². The molecule has 0 N–H and O–H groups in total. The summed E-state index contributed by atoms with van der Waals surface area (Å²) in [4.78, 5) is 5.20. The molecule has 0 bridgehead atoms. The summed E-state index contributed by atoms with van der Waals surface area (Å²) in [6.07, 6.45) is 3.25. The molecule has 3 nitrogen and oxygen atoms in total. The molecule has 3 heteroatoms. The van der Waals surface area contributed by atoms with Crippen molar-refractivity contribution in [3.63, 3.8) is 0 Å². The number of rotatable bonds is 8. The average Bonchev–Trinajstić information content (AvgIpc) is 3.10. The number of aromatic nitrogens is 1. The van der Waals surface area contributed by atoms with Crippen molar-refractivity contribution in [2.45, 2.75) is 19.8 Å². The van der Waals surface area contributed by atoms with Crippen molar-refractivity contribution in [1.82, 2.24) is 0 Å². The topological polar surface area (TPSA) is 39.3 Å². The van der Waals surface area contributed by atoms with E-state index in [0.717, 1.165) is 50.9 Å². The normalized spacial score (nSPS) is 11.3. The Kier molecular flexibility index (Phi) is 8.21. The van der Waals surface area contributed by atoms with Crippen molar-refractivity contribution in [2.75, 3.05) is 0 Å². The molecule has 1 heterocycles. The van der Waals surface area contributed by atoms with Crippen LogP contribution in [0.1, 0.15) is 33.5 Å². The minimum Gasteiger partial charge on any atom is -0.618 e.